The summed E-state index contributed by atoms with van der Waals surface area (Å²) in [5, 5.41) is 32.4. The molecule has 0 aliphatic rings. The summed E-state index contributed by atoms with van der Waals surface area (Å²) in [5.74, 6) is -10.7. The number of carboxylic acid groups (broad SMARTS) is 3. The van der Waals surface area contributed by atoms with Crippen LogP contribution in [0.15, 0.2) is 0 Å². The lowest BCUT2D eigenvalue weighted by molar-refractivity contribution is -0.148. The Bertz CT molecular complexity index is 830. The van der Waals surface area contributed by atoms with Gasteiger partial charge in [0.2, 0.25) is 29.5 Å². The predicted octanol–water partition coefficient (Wildman–Crippen LogP) is -5.45. The normalized spacial score (nSPS) is 14.0. The zero-order chi connectivity index (χ0) is 25.9. The van der Waals surface area contributed by atoms with E-state index in [9.17, 15) is 38.4 Å². The molecule has 0 rings (SSSR count). The monoisotopic (exact) mass is 476 g/mol. The number of hydrogen-bond acceptors (Lipinski definition) is 9. The second kappa shape index (κ2) is 13.2. The molecule has 0 aromatic carbocycles. The van der Waals surface area contributed by atoms with Gasteiger partial charge in [-0.25, -0.2) is 4.79 Å². The van der Waals surface area contributed by atoms with E-state index in [1.165, 1.54) is 0 Å². The summed E-state index contributed by atoms with van der Waals surface area (Å²) < 4.78 is 0. The van der Waals surface area contributed by atoms with Gasteiger partial charge in [-0.3, -0.25) is 33.6 Å². The van der Waals surface area contributed by atoms with Crippen LogP contribution in [0, 0.1) is 0 Å². The maximum absolute atomic E-state index is 12.5. The van der Waals surface area contributed by atoms with Gasteiger partial charge >= 0.3 is 17.9 Å². The summed E-state index contributed by atoms with van der Waals surface area (Å²) in [5.41, 5.74) is 15.3. The van der Waals surface area contributed by atoms with Crippen molar-refractivity contribution in [3.63, 3.8) is 0 Å². The number of amides is 5. The van der Waals surface area contributed by atoms with E-state index in [0.717, 1.165) is 0 Å². The Kier molecular flexibility index (Phi) is 11.5. The molecule has 12 N–H and O–H groups in total. The fraction of sp³-hybridized carbons (Fsp3) is 0.500. The Morgan fingerprint density at radius 3 is 1.33 bits per heavy atom. The van der Waals surface area contributed by atoms with Gasteiger partial charge in [-0.2, -0.15) is 0 Å². The van der Waals surface area contributed by atoms with Crippen molar-refractivity contribution in [2.75, 3.05) is 0 Å². The summed E-state index contributed by atoms with van der Waals surface area (Å²) in [6, 6.07) is -7.14. The second-order valence-corrected chi connectivity index (χ2v) is 6.66. The molecule has 5 amide bonds. The molecule has 4 unspecified atom stereocenters. The SMILES string of the molecule is NC(=O)CC(N)C(=O)NC(CC(N)=O)C(=O)NC(CC(=O)O)C(=O)NC(CC(=O)O)C(=O)O. The summed E-state index contributed by atoms with van der Waals surface area (Å²) in [6.45, 7) is 0. The van der Waals surface area contributed by atoms with Crippen LogP contribution in [0.5, 0.6) is 0 Å². The first kappa shape index (κ1) is 28.7. The molecule has 33 heavy (non-hydrogen) atoms. The molecule has 0 aliphatic carbocycles. The van der Waals surface area contributed by atoms with E-state index >= 15 is 0 Å². The fourth-order valence-electron chi connectivity index (χ4n) is 2.30. The molecule has 0 aliphatic heterocycles. The quantitative estimate of drug-likeness (QED) is 0.107. The minimum atomic E-state index is -1.95. The van der Waals surface area contributed by atoms with Gasteiger partial charge in [-0.15, -0.1) is 0 Å². The van der Waals surface area contributed by atoms with Crippen molar-refractivity contribution in [3.8, 4) is 0 Å². The van der Waals surface area contributed by atoms with Crippen LogP contribution >= 0.6 is 0 Å². The molecule has 0 fully saturated rings. The number of rotatable bonds is 15. The Morgan fingerprint density at radius 1 is 0.576 bits per heavy atom. The number of hydrogen-bond donors (Lipinski definition) is 9. The zero-order valence-corrected chi connectivity index (χ0v) is 17.0. The van der Waals surface area contributed by atoms with E-state index in [2.05, 4.69) is 0 Å². The van der Waals surface area contributed by atoms with E-state index < -0.39 is 97.3 Å². The van der Waals surface area contributed by atoms with E-state index in [4.69, 9.17) is 32.5 Å². The highest BCUT2D eigenvalue weighted by Gasteiger charge is 2.33. The molecule has 0 heterocycles. The summed E-state index contributed by atoms with van der Waals surface area (Å²) in [4.78, 5) is 91.9. The predicted molar refractivity (Wildman–Crippen MR) is 104 cm³/mol. The van der Waals surface area contributed by atoms with Crippen molar-refractivity contribution in [1.82, 2.24) is 16.0 Å². The largest absolute Gasteiger partial charge is 0.481 e. The third kappa shape index (κ3) is 11.6. The smallest absolute Gasteiger partial charge is 0.326 e. The molecule has 0 spiro atoms. The van der Waals surface area contributed by atoms with Crippen LogP contribution in [0.4, 0.5) is 0 Å². The van der Waals surface area contributed by atoms with Gasteiger partial charge < -0.3 is 48.5 Å². The van der Waals surface area contributed by atoms with Crippen LogP contribution in [0.25, 0.3) is 0 Å². The van der Waals surface area contributed by atoms with Crippen LogP contribution in [-0.4, -0.2) is 86.9 Å². The van der Waals surface area contributed by atoms with E-state index in [1.807, 2.05) is 10.6 Å². The van der Waals surface area contributed by atoms with Gasteiger partial charge in [0.15, 0.2) is 0 Å². The van der Waals surface area contributed by atoms with E-state index in [0.29, 0.717) is 0 Å². The maximum atomic E-state index is 12.5. The number of carbonyl (C=O) groups excluding carboxylic acids is 5. The topological polar surface area (TPSA) is 311 Å². The molecule has 4 atom stereocenters. The number of nitrogens with one attached hydrogen (secondary N) is 3. The maximum Gasteiger partial charge on any atom is 0.326 e. The fourth-order valence-corrected chi connectivity index (χ4v) is 2.30. The zero-order valence-electron chi connectivity index (χ0n) is 17.0. The van der Waals surface area contributed by atoms with E-state index in [-0.39, 0.29) is 0 Å². The average molecular weight is 476 g/mol. The first-order valence-corrected chi connectivity index (χ1v) is 9.03. The van der Waals surface area contributed by atoms with Crippen LogP contribution in [-0.2, 0) is 38.4 Å². The van der Waals surface area contributed by atoms with Crippen LogP contribution in [0.2, 0.25) is 0 Å². The molecule has 0 saturated heterocycles. The minimum absolute atomic E-state index is 0.610. The molecule has 0 bridgehead atoms. The van der Waals surface area contributed by atoms with Gasteiger partial charge in [-0.05, 0) is 0 Å². The number of aliphatic carboxylic acids is 3. The van der Waals surface area contributed by atoms with Crippen LogP contribution in [0.3, 0.4) is 0 Å². The minimum Gasteiger partial charge on any atom is -0.481 e. The molecule has 17 heteroatoms. The van der Waals surface area contributed by atoms with Crippen molar-refractivity contribution in [2.45, 2.75) is 49.9 Å². The first-order chi connectivity index (χ1) is 15.1. The third-order valence-corrected chi connectivity index (χ3v) is 3.80. The molecule has 184 valence electrons. The molecular weight excluding hydrogens is 452 g/mol. The van der Waals surface area contributed by atoms with Crippen LogP contribution < -0.4 is 33.2 Å². The molecule has 0 aromatic rings. The highest BCUT2D eigenvalue weighted by atomic mass is 16.4. The highest BCUT2D eigenvalue weighted by molar-refractivity contribution is 5.98. The third-order valence-electron chi connectivity index (χ3n) is 3.80. The molecule has 0 saturated carbocycles. The summed E-state index contributed by atoms with van der Waals surface area (Å²) >= 11 is 0. The van der Waals surface area contributed by atoms with Gasteiger partial charge in [-0.1, -0.05) is 0 Å². The lowest BCUT2D eigenvalue weighted by atomic mass is 10.1. The number of carbonyl (C=O) groups is 8. The Hall–Kier alpha value is -4.28. The Balaban J connectivity index is 5.58. The number of primary amides is 2. The van der Waals surface area contributed by atoms with Crippen molar-refractivity contribution < 1.29 is 53.7 Å². The van der Waals surface area contributed by atoms with Crippen LogP contribution in [0.1, 0.15) is 25.7 Å². The standard InChI is InChI=1S/C16H24N6O11/c17-5(1-9(18)23)13(29)20-6(2-10(19)24)14(30)21-7(3-11(25)26)15(31)22-8(16(32)33)4-12(27)28/h5-8H,1-4,17H2,(H2,18,23)(H2,19,24)(H,20,29)(H,21,30)(H,22,31)(H,25,26)(H,27,28)(H,32,33). The Labute approximate surface area is 185 Å². The number of carboxylic acids is 3. The number of nitrogens with two attached hydrogens (primary N) is 3. The Morgan fingerprint density at radius 2 is 0.939 bits per heavy atom. The van der Waals surface area contributed by atoms with Gasteiger partial charge in [0.1, 0.15) is 18.1 Å². The van der Waals surface area contributed by atoms with Crippen molar-refractivity contribution in [3.05, 3.63) is 0 Å². The second-order valence-electron chi connectivity index (χ2n) is 6.66. The summed E-state index contributed by atoms with van der Waals surface area (Å²) in [6.07, 6.45) is -3.55. The molecule has 0 radical (unpaired) electrons. The lowest BCUT2D eigenvalue weighted by Crippen LogP contribution is -2.58. The average Bonchev–Trinajstić information content (AvgIpc) is 2.64. The molecular formula is C16H24N6O11. The van der Waals surface area contributed by atoms with Gasteiger partial charge in [0.25, 0.3) is 0 Å². The lowest BCUT2D eigenvalue weighted by Gasteiger charge is -2.23. The first-order valence-electron chi connectivity index (χ1n) is 9.03. The molecule has 0 aromatic heterocycles. The summed E-state index contributed by atoms with van der Waals surface area (Å²) in [7, 11) is 0. The van der Waals surface area contributed by atoms with Gasteiger partial charge in [0, 0.05) is 0 Å². The van der Waals surface area contributed by atoms with Gasteiger partial charge in [0.05, 0.1) is 31.7 Å². The highest BCUT2D eigenvalue weighted by Crippen LogP contribution is 2.02. The van der Waals surface area contributed by atoms with Crippen molar-refractivity contribution >= 4 is 47.4 Å². The van der Waals surface area contributed by atoms with E-state index in [1.54, 1.807) is 5.32 Å². The molecule has 17 nitrogen and oxygen atoms in total. The van der Waals surface area contributed by atoms with Crippen molar-refractivity contribution in [1.29, 1.82) is 0 Å². The van der Waals surface area contributed by atoms with Crippen molar-refractivity contribution in [2.24, 2.45) is 17.2 Å².